The number of nitrogens with one attached hydrogen (secondary N) is 1. The molecule has 0 bridgehead atoms. The fraction of sp³-hybridized carbons (Fsp3) is 0.600. The van der Waals surface area contributed by atoms with Crippen molar-refractivity contribution < 1.29 is 4.39 Å². The molecule has 94 valence electrons. The highest BCUT2D eigenvalue weighted by Crippen LogP contribution is 2.38. The summed E-state index contributed by atoms with van der Waals surface area (Å²) in [4.78, 5) is 0. The Kier molecular flexibility index (Phi) is 4.16. The van der Waals surface area contributed by atoms with E-state index in [1.807, 2.05) is 7.05 Å². The predicted molar refractivity (Wildman–Crippen MR) is 70.1 cm³/mol. The molecule has 0 unspecified atom stereocenters. The molecular formula is C15H22FN. The molecule has 1 N–H and O–H groups in total. The highest BCUT2D eigenvalue weighted by molar-refractivity contribution is 5.24. The Hall–Kier alpha value is -0.890. The highest BCUT2D eigenvalue weighted by atomic mass is 19.1. The van der Waals surface area contributed by atoms with Gasteiger partial charge in [0.1, 0.15) is 5.67 Å². The largest absolute Gasteiger partial charge is 0.320 e. The zero-order chi connectivity index (χ0) is 12.1. The second kappa shape index (κ2) is 5.63. The molecule has 0 aromatic heterocycles. The second-order valence-electron chi connectivity index (χ2n) is 5.20. The maximum absolute atomic E-state index is 13.9. The molecule has 17 heavy (non-hydrogen) atoms. The maximum atomic E-state index is 13.9. The molecule has 1 aromatic carbocycles. The Morgan fingerprint density at radius 3 is 2.35 bits per heavy atom. The van der Waals surface area contributed by atoms with Crippen LogP contribution in [0.25, 0.3) is 0 Å². The quantitative estimate of drug-likeness (QED) is 0.746. The summed E-state index contributed by atoms with van der Waals surface area (Å²) in [5.74, 6) is 0. The molecule has 2 heteroatoms. The van der Waals surface area contributed by atoms with Crippen LogP contribution in [-0.4, -0.2) is 19.3 Å². The van der Waals surface area contributed by atoms with Crippen LogP contribution < -0.4 is 5.32 Å². The van der Waals surface area contributed by atoms with Crippen molar-refractivity contribution in [3.05, 3.63) is 35.4 Å². The summed E-state index contributed by atoms with van der Waals surface area (Å²) in [5, 5.41) is 3.15. The minimum Gasteiger partial charge on any atom is -0.320 e. The fourth-order valence-electron chi connectivity index (χ4n) is 2.40. The van der Waals surface area contributed by atoms with Crippen molar-refractivity contribution in [1.29, 1.82) is 0 Å². The minimum atomic E-state index is -0.895. The van der Waals surface area contributed by atoms with Gasteiger partial charge in [-0.25, -0.2) is 4.39 Å². The summed E-state index contributed by atoms with van der Waals surface area (Å²) in [6.45, 7) is 1.05. The normalized spacial score (nSPS) is 17.8. The van der Waals surface area contributed by atoms with Crippen LogP contribution in [0.5, 0.6) is 0 Å². The first-order valence-corrected chi connectivity index (χ1v) is 6.63. The molecule has 1 aliphatic rings. The molecule has 1 nitrogen and oxygen atoms in total. The van der Waals surface area contributed by atoms with Gasteiger partial charge in [-0.15, -0.1) is 0 Å². The lowest BCUT2D eigenvalue weighted by atomic mass is 9.78. The van der Waals surface area contributed by atoms with Crippen molar-refractivity contribution in [1.82, 2.24) is 5.32 Å². The third-order valence-electron chi connectivity index (χ3n) is 3.69. The lowest BCUT2D eigenvalue weighted by Crippen LogP contribution is -2.33. The van der Waals surface area contributed by atoms with Crippen molar-refractivity contribution >= 4 is 0 Å². The molecular weight excluding hydrogens is 213 g/mol. The Morgan fingerprint density at radius 2 is 1.82 bits per heavy atom. The number of benzene rings is 1. The summed E-state index contributed by atoms with van der Waals surface area (Å²) in [5.41, 5.74) is 1.60. The van der Waals surface area contributed by atoms with Crippen LogP contribution in [0.4, 0.5) is 4.39 Å². The van der Waals surface area contributed by atoms with Crippen LogP contribution in [0.1, 0.15) is 36.8 Å². The second-order valence-corrected chi connectivity index (χ2v) is 5.20. The summed E-state index contributed by atoms with van der Waals surface area (Å²) in [7, 11) is 1.97. The molecule has 1 fully saturated rings. The summed E-state index contributed by atoms with van der Waals surface area (Å²) in [6, 6.07) is 8.47. The molecule has 0 saturated heterocycles. The van der Waals surface area contributed by atoms with E-state index in [-0.39, 0.29) is 0 Å². The van der Waals surface area contributed by atoms with E-state index >= 15 is 0 Å². The van der Waals surface area contributed by atoms with Crippen molar-refractivity contribution in [2.75, 3.05) is 13.6 Å². The summed E-state index contributed by atoms with van der Waals surface area (Å²) < 4.78 is 13.9. The Morgan fingerprint density at radius 1 is 1.18 bits per heavy atom. The average molecular weight is 235 g/mol. The minimum absolute atomic E-state index is 0.601. The van der Waals surface area contributed by atoms with Crippen LogP contribution in [0, 0.1) is 0 Å². The number of alkyl halides is 1. The Bertz CT molecular complexity index is 340. The van der Waals surface area contributed by atoms with Crippen LogP contribution in [0.2, 0.25) is 0 Å². The molecule has 0 aliphatic heterocycles. The predicted octanol–water partition coefficient (Wildman–Crippen LogP) is 3.27. The first-order chi connectivity index (χ1) is 8.22. The van der Waals surface area contributed by atoms with Crippen LogP contribution in [0.3, 0.4) is 0 Å². The number of hydrogen-bond donors (Lipinski definition) is 1. The highest BCUT2D eigenvalue weighted by Gasteiger charge is 2.36. The van der Waals surface area contributed by atoms with Gasteiger partial charge in [-0.2, -0.15) is 0 Å². The molecule has 1 aromatic rings. The van der Waals surface area contributed by atoms with Gasteiger partial charge in [0.25, 0.3) is 0 Å². The first-order valence-electron chi connectivity index (χ1n) is 6.63. The van der Waals surface area contributed by atoms with Gasteiger partial charge >= 0.3 is 0 Å². The molecule has 1 saturated carbocycles. The van der Waals surface area contributed by atoms with E-state index < -0.39 is 5.67 Å². The van der Waals surface area contributed by atoms with Crippen molar-refractivity contribution in [3.63, 3.8) is 0 Å². The molecule has 0 radical (unpaired) electrons. The van der Waals surface area contributed by atoms with Gasteiger partial charge < -0.3 is 5.32 Å². The van der Waals surface area contributed by atoms with Gasteiger partial charge in [0.15, 0.2) is 0 Å². The molecule has 1 aliphatic carbocycles. The van der Waals surface area contributed by atoms with E-state index in [0.717, 1.165) is 44.2 Å². The van der Waals surface area contributed by atoms with E-state index in [0.29, 0.717) is 6.42 Å². The van der Waals surface area contributed by atoms with E-state index in [1.54, 1.807) is 0 Å². The Balaban J connectivity index is 1.84. The average Bonchev–Trinajstić information content (AvgIpc) is 2.30. The number of halogens is 1. The van der Waals surface area contributed by atoms with Gasteiger partial charge in [0.05, 0.1) is 0 Å². The molecule has 0 amide bonds. The summed E-state index contributed by atoms with van der Waals surface area (Å²) >= 11 is 0. The fourth-order valence-corrected chi connectivity index (χ4v) is 2.40. The van der Waals surface area contributed by atoms with E-state index in [1.165, 1.54) is 5.56 Å². The van der Waals surface area contributed by atoms with Crippen molar-refractivity contribution in [2.45, 2.75) is 44.2 Å². The van der Waals surface area contributed by atoms with Crippen LogP contribution in [-0.2, 0) is 12.8 Å². The molecule has 2 rings (SSSR count). The van der Waals surface area contributed by atoms with Crippen molar-refractivity contribution in [2.24, 2.45) is 0 Å². The number of rotatable bonds is 6. The smallest absolute Gasteiger partial charge is 0.115 e. The van der Waals surface area contributed by atoms with Gasteiger partial charge in [-0.05, 0) is 56.8 Å². The SMILES string of the molecule is CNCCCc1ccc(CC2(F)CCC2)cc1. The van der Waals surface area contributed by atoms with E-state index in [9.17, 15) is 4.39 Å². The zero-order valence-electron chi connectivity index (χ0n) is 10.6. The molecule has 0 spiro atoms. The third kappa shape index (κ3) is 3.53. The lowest BCUT2D eigenvalue weighted by molar-refractivity contribution is 0.0641. The first kappa shape index (κ1) is 12.6. The molecule has 0 atom stereocenters. The van der Waals surface area contributed by atoms with Gasteiger partial charge in [-0.3, -0.25) is 0 Å². The zero-order valence-corrected chi connectivity index (χ0v) is 10.6. The molecule has 0 heterocycles. The van der Waals surface area contributed by atoms with E-state index in [4.69, 9.17) is 0 Å². The number of hydrogen-bond acceptors (Lipinski definition) is 1. The topological polar surface area (TPSA) is 12.0 Å². The lowest BCUT2D eigenvalue weighted by Gasteiger charge is -2.33. The maximum Gasteiger partial charge on any atom is 0.115 e. The van der Waals surface area contributed by atoms with Gasteiger partial charge in [-0.1, -0.05) is 24.3 Å². The number of aryl methyl sites for hydroxylation is 1. The van der Waals surface area contributed by atoms with Gasteiger partial charge in [0.2, 0.25) is 0 Å². The van der Waals surface area contributed by atoms with Crippen LogP contribution >= 0.6 is 0 Å². The third-order valence-corrected chi connectivity index (χ3v) is 3.69. The standard InChI is InChI=1S/C15H22FN/c1-17-11-2-4-13-5-7-14(8-6-13)12-15(16)9-3-10-15/h5-8,17H,2-4,9-12H2,1H3. The van der Waals surface area contributed by atoms with E-state index in [2.05, 4.69) is 29.6 Å². The Labute approximate surface area is 103 Å². The monoisotopic (exact) mass is 235 g/mol. The van der Waals surface area contributed by atoms with Gasteiger partial charge in [0, 0.05) is 6.42 Å². The van der Waals surface area contributed by atoms with Crippen LogP contribution in [0.15, 0.2) is 24.3 Å². The summed E-state index contributed by atoms with van der Waals surface area (Å²) in [6.07, 6.45) is 5.40. The van der Waals surface area contributed by atoms with Crippen molar-refractivity contribution in [3.8, 4) is 0 Å².